The molecule has 1 aliphatic carbocycles. The number of fused-ring (bicyclic) bond motifs is 1. The first-order valence-corrected chi connectivity index (χ1v) is 8.18. The van der Waals surface area contributed by atoms with Crippen LogP contribution >= 0.6 is 0 Å². The minimum atomic E-state index is 0.431. The fraction of sp³-hybridized carbons (Fsp3) is 0.667. The molecule has 2 atom stereocenters. The van der Waals surface area contributed by atoms with Gasteiger partial charge in [-0.05, 0) is 42.7 Å². The van der Waals surface area contributed by atoms with E-state index in [9.17, 15) is 0 Å². The van der Waals surface area contributed by atoms with E-state index >= 15 is 0 Å². The van der Waals surface area contributed by atoms with Crippen molar-refractivity contribution in [2.24, 2.45) is 11.3 Å². The zero-order valence-electron chi connectivity index (χ0n) is 13.4. The van der Waals surface area contributed by atoms with E-state index in [0.29, 0.717) is 11.5 Å². The molecule has 1 fully saturated rings. The molecule has 1 aromatic rings. The summed E-state index contributed by atoms with van der Waals surface area (Å²) in [7, 11) is 0. The quantitative estimate of drug-likeness (QED) is 0.871. The lowest BCUT2D eigenvalue weighted by atomic mass is 9.70. The minimum Gasteiger partial charge on any atom is -0.490 e. The van der Waals surface area contributed by atoms with E-state index in [1.807, 2.05) is 6.07 Å². The normalized spacial score (nSPS) is 27.8. The molecule has 0 aromatic heterocycles. The number of benzene rings is 1. The first-order chi connectivity index (χ1) is 10.0. The highest BCUT2D eigenvalue weighted by Crippen LogP contribution is 2.40. The van der Waals surface area contributed by atoms with Gasteiger partial charge in [0.25, 0.3) is 0 Å². The molecular formula is C18H27NO2. The van der Waals surface area contributed by atoms with Crippen LogP contribution in [0.1, 0.15) is 46.5 Å². The average Bonchev–Trinajstić information content (AvgIpc) is 2.60. The van der Waals surface area contributed by atoms with Crippen molar-refractivity contribution in [3.63, 3.8) is 0 Å². The Labute approximate surface area is 128 Å². The molecule has 1 saturated carbocycles. The van der Waals surface area contributed by atoms with Crippen molar-refractivity contribution in [1.29, 1.82) is 0 Å². The second-order valence-corrected chi connectivity index (χ2v) is 7.47. The van der Waals surface area contributed by atoms with Gasteiger partial charge in [-0.1, -0.05) is 20.8 Å². The van der Waals surface area contributed by atoms with Gasteiger partial charge in [0.1, 0.15) is 0 Å². The van der Waals surface area contributed by atoms with Crippen LogP contribution in [-0.4, -0.2) is 19.3 Å². The maximum Gasteiger partial charge on any atom is 0.163 e. The van der Waals surface area contributed by atoms with Crippen LogP contribution in [0.25, 0.3) is 0 Å². The summed E-state index contributed by atoms with van der Waals surface area (Å²) in [6.07, 6.45) is 4.75. The lowest BCUT2D eigenvalue weighted by Crippen LogP contribution is -2.35. The predicted molar refractivity (Wildman–Crippen MR) is 86.3 cm³/mol. The second-order valence-electron chi connectivity index (χ2n) is 7.47. The minimum absolute atomic E-state index is 0.431. The van der Waals surface area contributed by atoms with E-state index in [0.717, 1.165) is 42.7 Å². The Morgan fingerprint density at radius 2 is 1.86 bits per heavy atom. The number of anilines is 1. The number of rotatable bonds is 2. The van der Waals surface area contributed by atoms with E-state index in [1.165, 1.54) is 19.3 Å². The summed E-state index contributed by atoms with van der Waals surface area (Å²) in [4.78, 5) is 0. The zero-order valence-corrected chi connectivity index (χ0v) is 13.4. The van der Waals surface area contributed by atoms with Crippen LogP contribution in [0.15, 0.2) is 18.2 Å². The van der Waals surface area contributed by atoms with Crippen LogP contribution in [0.5, 0.6) is 11.5 Å². The Morgan fingerprint density at radius 3 is 2.62 bits per heavy atom. The summed E-state index contributed by atoms with van der Waals surface area (Å²) in [5.74, 6) is 2.53. The van der Waals surface area contributed by atoms with Gasteiger partial charge in [0.05, 0.1) is 13.2 Å². The van der Waals surface area contributed by atoms with E-state index in [-0.39, 0.29) is 0 Å². The molecule has 1 N–H and O–H groups in total. The average molecular weight is 289 g/mol. The van der Waals surface area contributed by atoms with E-state index in [1.54, 1.807) is 0 Å². The summed E-state index contributed by atoms with van der Waals surface area (Å²) in [5.41, 5.74) is 1.58. The van der Waals surface area contributed by atoms with Crippen molar-refractivity contribution in [3.05, 3.63) is 18.2 Å². The van der Waals surface area contributed by atoms with Gasteiger partial charge in [0.15, 0.2) is 11.5 Å². The third-order valence-electron chi connectivity index (χ3n) is 4.51. The maximum absolute atomic E-state index is 5.78. The molecule has 2 aliphatic rings. The number of nitrogens with one attached hydrogen (secondary N) is 1. The van der Waals surface area contributed by atoms with E-state index < -0.39 is 0 Å². The molecule has 0 amide bonds. The molecule has 0 radical (unpaired) electrons. The van der Waals surface area contributed by atoms with Gasteiger partial charge in [-0.25, -0.2) is 0 Å². The van der Waals surface area contributed by atoms with Gasteiger partial charge in [-0.3, -0.25) is 0 Å². The first kappa shape index (κ1) is 14.6. The van der Waals surface area contributed by atoms with Crippen molar-refractivity contribution < 1.29 is 9.47 Å². The molecule has 1 aromatic carbocycles. The molecule has 3 nitrogen and oxygen atoms in total. The van der Waals surface area contributed by atoms with Gasteiger partial charge in [-0.2, -0.15) is 0 Å². The van der Waals surface area contributed by atoms with Crippen LogP contribution in [0.3, 0.4) is 0 Å². The molecule has 3 heteroatoms. The first-order valence-electron chi connectivity index (χ1n) is 8.18. The van der Waals surface area contributed by atoms with Crippen LogP contribution in [0, 0.1) is 11.3 Å². The number of hydrogen-bond acceptors (Lipinski definition) is 3. The van der Waals surface area contributed by atoms with E-state index in [4.69, 9.17) is 9.47 Å². The molecule has 116 valence electrons. The summed E-state index contributed by atoms with van der Waals surface area (Å²) in [6, 6.07) is 6.78. The third kappa shape index (κ3) is 3.63. The van der Waals surface area contributed by atoms with Gasteiger partial charge < -0.3 is 14.8 Å². The van der Waals surface area contributed by atoms with Crippen molar-refractivity contribution in [2.75, 3.05) is 18.5 Å². The second kappa shape index (κ2) is 5.78. The van der Waals surface area contributed by atoms with Crippen LogP contribution in [0.4, 0.5) is 5.69 Å². The molecular weight excluding hydrogens is 262 g/mol. The number of ether oxygens (including phenoxy) is 2. The lowest BCUT2D eigenvalue weighted by Gasteiger charge is -2.39. The summed E-state index contributed by atoms with van der Waals surface area (Å²) in [5, 5.41) is 3.70. The Morgan fingerprint density at radius 1 is 1.10 bits per heavy atom. The van der Waals surface area contributed by atoms with Crippen LogP contribution in [-0.2, 0) is 0 Å². The summed E-state index contributed by atoms with van der Waals surface area (Å²) in [6.45, 7) is 8.61. The van der Waals surface area contributed by atoms with Crippen molar-refractivity contribution in [2.45, 2.75) is 52.5 Å². The van der Waals surface area contributed by atoms with Crippen molar-refractivity contribution in [3.8, 4) is 11.5 Å². The summed E-state index contributed by atoms with van der Waals surface area (Å²) < 4.78 is 11.5. The summed E-state index contributed by atoms with van der Waals surface area (Å²) >= 11 is 0. The smallest absolute Gasteiger partial charge is 0.163 e. The molecule has 0 bridgehead atoms. The van der Waals surface area contributed by atoms with Gasteiger partial charge in [-0.15, -0.1) is 0 Å². The Kier molecular flexibility index (Phi) is 4.01. The Bertz CT molecular complexity index is 498. The third-order valence-corrected chi connectivity index (χ3v) is 4.51. The molecule has 21 heavy (non-hydrogen) atoms. The largest absolute Gasteiger partial charge is 0.490 e. The van der Waals surface area contributed by atoms with Crippen LogP contribution in [0.2, 0.25) is 0 Å². The molecule has 0 spiro atoms. The van der Waals surface area contributed by atoms with Gasteiger partial charge in [0.2, 0.25) is 0 Å². The monoisotopic (exact) mass is 289 g/mol. The van der Waals surface area contributed by atoms with Crippen molar-refractivity contribution in [1.82, 2.24) is 0 Å². The fourth-order valence-electron chi connectivity index (χ4n) is 3.94. The molecule has 3 rings (SSSR count). The van der Waals surface area contributed by atoms with E-state index in [2.05, 4.69) is 38.2 Å². The molecule has 1 aliphatic heterocycles. The Balaban J connectivity index is 1.71. The standard InChI is InChI=1S/C18H27NO2/c1-13-9-15(12-18(2,3)11-13)19-14-5-6-16-17(10-14)21-8-4-7-20-16/h5-6,10,13,15,19H,4,7-9,11-12H2,1-3H3. The zero-order chi connectivity index (χ0) is 14.9. The van der Waals surface area contributed by atoms with Crippen molar-refractivity contribution >= 4 is 5.69 Å². The lowest BCUT2D eigenvalue weighted by molar-refractivity contribution is 0.178. The topological polar surface area (TPSA) is 30.5 Å². The highest BCUT2D eigenvalue weighted by molar-refractivity contribution is 5.55. The highest BCUT2D eigenvalue weighted by atomic mass is 16.5. The van der Waals surface area contributed by atoms with Crippen LogP contribution < -0.4 is 14.8 Å². The fourth-order valence-corrected chi connectivity index (χ4v) is 3.94. The maximum atomic E-state index is 5.78. The molecule has 2 unspecified atom stereocenters. The molecule has 1 heterocycles. The Hall–Kier alpha value is -1.38. The van der Waals surface area contributed by atoms with Gasteiger partial charge >= 0.3 is 0 Å². The van der Waals surface area contributed by atoms with Gasteiger partial charge in [0, 0.05) is 24.2 Å². The number of hydrogen-bond donors (Lipinski definition) is 1. The predicted octanol–water partition coefficient (Wildman–Crippen LogP) is 4.47. The highest BCUT2D eigenvalue weighted by Gasteiger charge is 2.32. The SMILES string of the molecule is CC1CC(Nc2ccc3c(c2)OCCCO3)CC(C)(C)C1. The molecule has 0 saturated heterocycles.